The van der Waals surface area contributed by atoms with Gasteiger partial charge in [0.05, 0.1) is 30.1 Å². The molecule has 1 N–H and O–H groups in total. The number of anilines is 2. The molecule has 0 radical (unpaired) electrons. The van der Waals surface area contributed by atoms with Crippen molar-refractivity contribution in [3.05, 3.63) is 60.3 Å². The summed E-state index contributed by atoms with van der Waals surface area (Å²) >= 11 is 0. The molecular weight excluding hydrogens is 374 g/mol. The van der Waals surface area contributed by atoms with Gasteiger partial charge in [-0.3, -0.25) is 10.0 Å². The van der Waals surface area contributed by atoms with Crippen LogP contribution in [-0.4, -0.2) is 18.8 Å². The monoisotopic (exact) mass is 409 g/mol. The second kappa shape index (κ2) is 10.4. The van der Waals surface area contributed by atoms with Crippen molar-refractivity contribution in [2.75, 3.05) is 16.6 Å². The lowest BCUT2D eigenvalue weighted by Gasteiger charge is -2.37. The number of unbranched alkanes of at least 4 members (excludes halogenated alkanes) is 1. The number of hydrogen-bond donors (Lipinski definition) is 1. The van der Waals surface area contributed by atoms with Crippen LogP contribution in [-0.2, 0) is 0 Å². The van der Waals surface area contributed by atoms with Crippen LogP contribution in [0.4, 0.5) is 11.4 Å². The summed E-state index contributed by atoms with van der Waals surface area (Å²) < 4.78 is 11.6. The van der Waals surface area contributed by atoms with Gasteiger partial charge in [-0.1, -0.05) is 13.3 Å². The van der Waals surface area contributed by atoms with Crippen LogP contribution in [0.15, 0.2) is 60.3 Å². The van der Waals surface area contributed by atoms with Gasteiger partial charge in [-0.2, -0.15) is 0 Å². The first-order valence-corrected chi connectivity index (χ1v) is 11.0. The SMILES string of the molecule is CCCCC1=CN(c2ccc(OC(C)C)cc2)NN(c2ccc(OC(C)C)cc2)C1. The fourth-order valence-corrected chi connectivity index (χ4v) is 3.38. The molecule has 2 aromatic carbocycles. The predicted molar refractivity (Wildman–Crippen MR) is 125 cm³/mol. The van der Waals surface area contributed by atoms with Crippen LogP contribution in [0.2, 0.25) is 0 Å². The second-order valence-corrected chi connectivity index (χ2v) is 8.27. The minimum atomic E-state index is 0.169. The second-order valence-electron chi connectivity index (χ2n) is 8.27. The van der Waals surface area contributed by atoms with Crippen molar-refractivity contribution in [1.82, 2.24) is 5.53 Å². The summed E-state index contributed by atoms with van der Waals surface area (Å²) in [6.07, 6.45) is 6.03. The lowest BCUT2D eigenvalue weighted by molar-refractivity contribution is 0.242. The smallest absolute Gasteiger partial charge is 0.119 e. The number of nitrogens with zero attached hydrogens (tertiary/aromatic N) is 2. The Labute approximate surface area is 181 Å². The van der Waals surface area contributed by atoms with Crippen LogP contribution in [0.25, 0.3) is 0 Å². The Hall–Kier alpha value is -2.66. The van der Waals surface area contributed by atoms with Gasteiger partial charge in [-0.05, 0) is 94.6 Å². The molecule has 0 spiro atoms. The molecule has 2 aromatic rings. The zero-order chi connectivity index (χ0) is 21.5. The third-order valence-electron chi connectivity index (χ3n) is 4.76. The summed E-state index contributed by atoms with van der Waals surface area (Å²) in [5.74, 6) is 1.78. The van der Waals surface area contributed by atoms with Gasteiger partial charge in [0.2, 0.25) is 0 Å². The molecular formula is C25H35N3O2. The average Bonchev–Trinajstić information content (AvgIpc) is 2.72. The predicted octanol–water partition coefficient (Wildman–Crippen LogP) is 6.08. The molecule has 0 aliphatic carbocycles. The highest BCUT2D eigenvalue weighted by atomic mass is 16.5. The van der Waals surface area contributed by atoms with Gasteiger partial charge in [0.15, 0.2) is 0 Å². The number of benzene rings is 2. The van der Waals surface area contributed by atoms with Crippen LogP contribution >= 0.6 is 0 Å². The van der Waals surface area contributed by atoms with Crippen LogP contribution in [0.5, 0.6) is 11.5 Å². The quantitative estimate of drug-likeness (QED) is 0.543. The van der Waals surface area contributed by atoms with E-state index in [1.165, 1.54) is 18.4 Å². The van der Waals surface area contributed by atoms with E-state index >= 15 is 0 Å². The molecule has 0 atom stereocenters. The molecule has 1 heterocycles. The summed E-state index contributed by atoms with van der Waals surface area (Å²) in [6.45, 7) is 11.3. The number of hydrogen-bond acceptors (Lipinski definition) is 5. The normalized spacial score (nSPS) is 14.3. The lowest BCUT2D eigenvalue weighted by atomic mass is 10.1. The number of nitrogens with one attached hydrogen (secondary N) is 1. The Bertz CT molecular complexity index is 813. The number of hydrazine groups is 2. The van der Waals surface area contributed by atoms with E-state index < -0.39 is 0 Å². The molecule has 0 aromatic heterocycles. The third kappa shape index (κ3) is 6.17. The highest BCUT2D eigenvalue weighted by Gasteiger charge is 2.19. The van der Waals surface area contributed by atoms with E-state index in [-0.39, 0.29) is 12.2 Å². The average molecular weight is 410 g/mol. The Kier molecular flexibility index (Phi) is 7.63. The first-order chi connectivity index (χ1) is 14.4. The van der Waals surface area contributed by atoms with E-state index in [0.717, 1.165) is 35.8 Å². The first-order valence-electron chi connectivity index (χ1n) is 11.0. The van der Waals surface area contributed by atoms with Crippen LogP contribution < -0.4 is 25.0 Å². The molecule has 30 heavy (non-hydrogen) atoms. The summed E-state index contributed by atoms with van der Waals surface area (Å²) in [6, 6.07) is 16.5. The molecule has 0 amide bonds. The van der Waals surface area contributed by atoms with Gasteiger partial charge in [-0.25, -0.2) is 0 Å². The van der Waals surface area contributed by atoms with Crippen molar-refractivity contribution >= 4 is 11.4 Å². The summed E-state index contributed by atoms with van der Waals surface area (Å²) in [5.41, 5.74) is 7.11. The number of ether oxygens (including phenoxy) is 2. The van der Waals surface area contributed by atoms with Crippen LogP contribution in [0, 0.1) is 0 Å². The lowest BCUT2D eigenvalue weighted by Crippen LogP contribution is -2.52. The fourth-order valence-electron chi connectivity index (χ4n) is 3.38. The maximum atomic E-state index is 5.79. The topological polar surface area (TPSA) is 37.0 Å². The van der Waals surface area contributed by atoms with Crippen molar-refractivity contribution < 1.29 is 9.47 Å². The molecule has 162 valence electrons. The Morgan fingerprint density at radius 3 is 1.87 bits per heavy atom. The largest absolute Gasteiger partial charge is 0.491 e. The molecule has 0 saturated carbocycles. The van der Waals surface area contributed by atoms with E-state index in [2.05, 4.69) is 52.9 Å². The van der Waals surface area contributed by atoms with Crippen LogP contribution in [0.1, 0.15) is 53.9 Å². The minimum absolute atomic E-state index is 0.169. The van der Waals surface area contributed by atoms with Crippen molar-refractivity contribution in [2.24, 2.45) is 0 Å². The van der Waals surface area contributed by atoms with Gasteiger partial charge >= 0.3 is 0 Å². The molecule has 5 nitrogen and oxygen atoms in total. The number of rotatable bonds is 9. The first kappa shape index (κ1) is 22.0. The van der Waals surface area contributed by atoms with Gasteiger partial charge < -0.3 is 9.47 Å². The molecule has 0 fully saturated rings. The van der Waals surface area contributed by atoms with E-state index in [9.17, 15) is 0 Å². The maximum absolute atomic E-state index is 5.79. The van der Waals surface area contributed by atoms with Crippen molar-refractivity contribution in [3.63, 3.8) is 0 Å². The highest BCUT2D eigenvalue weighted by molar-refractivity contribution is 5.56. The molecule has 5 heteroatoms. The van der Waals surface area contributed by atoms with Gasteiger partial charge in [0.25, 0.3) is 0 Å². The van der Waals surface area contributed by atoms with Gasteiger partial charge in [-0.15, -0.1) is 5.53 Å². The maximum Gasteiger partial charge on any atom is 0.119 e. The molecule has 0 bridgehead atoms. The standard InChI is InChI=1S/C25H35N3O2/c1-6-7-8-21-17-27(22-9-13-24(14-10-22)29-19(2)3)26-28(18-21)23-11-15-25(16-12-23)30-20(4)5/h9-17,19-20,26H,6-8,18H2,1-5H3. The van der Waals surface area contributed by atoms with Gasteiger partial charge in [0, 0.05) is 6.20 Å². The zero-order valence-corrected chi connectivity index (χ0v) is 18.9. The van der Waals surface area contributed by atoms with Crippen molar-refractivity contribution in [3.8, 4) is 11.5 Å². The summed E-state index contributed by atoms with van der Waals surface area (Å²) in [7, 11) is 0. The van der Waals surface area contributed by atoms with Crippen molar-refractivity contribution in [1.29, 1.82) is 0 Å². The third-order valence-corrected chi connectivity index (χ3v) is 4.76. The van der Waals surface area contributed by atoms with E-state index in [4.69, 9.17) is 9.47 Å². The highest BCUT2D eigenvalue weighted by Crippen LogP contribution is 2.27. The van der Waals surface area contributed by atoms with E-state index in [1.807, 2.05) is 52.0 Å². The summed E-state index contributed by atoms with van der Waals surface area (Å²) in [5, 5.41) is 4.27. The molecule has 0 saturated heterocycles. The Morgan fingerprint density at radius 2 is 1.37 bits per heavy atom. The molecule has 1 aliphatic rings. The van der Waals surface area contributed by atoms with Crippen molar-refractivity contribution in [2.45, 2.75) is 66.1 Å². The Balaban J connectivity index is 1.79. The zero-order valence-electron chi connectivity index (χ0n) is 18.9. The Morgan fingerprint density at radius 1 is 0.833 bits per heavy atom. The minimum Gasteiger partial charge on any atom is -0.491 e. The van der Waals surface area contributed by atoms with Gasteiger partial charge in [0.1, 0.15) is 11.5 Å². The molecule has 0 unspecified atom stereocenters. The molecule has 3 rings (SSSR count). The van der Waals surface area contributed by atoms with E-state index in [1.54, 1.807) is 0 Å². The van der Waals surface area contributed by atoms with E-state index in [0.29, 0.717) is 0 Å². The fraction of sp³-hybridized carbons (Fsp3) is 0.440. The summed E-state index contributed by atoms with van der Waals surface area (Å²) in [4.78, 5) is 0. The molecule has 1 aliphatic heterocycles. The van der Waals surface area contributed by atoms with Crippen LogP contribution in [0.3, 0.4) is 0 Å².